The number of aromatic nitrogens is 2. The summed E-state index contributed by atoms with van der Waals surface area (Å²) >= 11 is 0. The maximum atomic E-state index is 12.2. The predicted molar refractivity (Wildman–Crippen MR) is 84.3 cm³/mol. The highest BCUT2D eigenvalue weighted by Crippen LogP contribution is 2.16. The Balaban J connectivity index is 2.06. The second kappa shape index (κ2) is 6.71. The monoisotopic (exact) mass is 308 g/mol. The van der Waals surface area contributed by atoms with Crippen molar-refractivity contribution in [2.45, 2.75) is 37.9 Å². The normalized spacial score (nSPS) is 12.7. The topological polar surface area (TPSA) is 101 Å². The van der Waals surface area contributed by atoms with Gasteiger partial charge >= 0.3 is 0 Å². The Morgan fingerprint density at radius 2 is 2.14 bits per heavy atom. The molecule has 1 aromatic carbocycles. The molecule has 1 atom stereocenters. The van der Waals surface area contributed by atoms with E-state index in [0.717, 1.165) is 18.4 Å². The van der Waals surface area contributed by atoms with Gasteiger partial charge in [-0.1, -0.05) is 13.8 Å². The summed E-state index contributed by atoms with van der Waals surface area (Å²) in [6, 6.07) is 5.35. The van der Waals surface area contributed by atoms with E-state index in [-0.39, 0.29) is 17.7 Å². The van der Waals surface area contributed by atoms with Gasteiger partial charge in [-0.2, -0.15) is 0 Å². The molecule has 1 amide bonds. The van der Waals surface area contributed by atoms with E-state index in [4.69, 9.17) is 5.73 Å². The number of anilines is 1. The summed E-state index contributed by atoms with van der Waals surface area (Å²) in [6.45, 7) is 4.02. The minimum absolute atomic E-state index is 0.0915. The molecule has 0 aliphatic heterocycles. The van der Waals surface area contributed by atoms with E-state index in [0.29, 0.717) is 16.4 Å². The van der Waals surface area contributed by atoms with Gasteiger partial charge in [0.05, 0.1) is 21.8 Å². The van der Waals surface area contributed by atoms with Crippen molar-refractivity contribution in [1.29, 1.82) is 0 Å². The minimum Gasteiger partial charge on any atom is -0.399 e. The van der Waals surface area contributed by atoms with E-state index in [9.17, 15) is 9.00 Å². The molecule has 0 spiro atoms. The van der Waals surface area contributed by atoms with Crippen LogP contribution in [0.4, 0.5) is 5.69 Å². The molecule has 0 aliphatic carbocycles. The quantitative estimate of drug-likeness (QED) is 0.705. The second-order valence-electron chi connectivity index (χ2n) is 4.89. The smallest absolute Gasteiger partial charge is 0.233 e. The average molecular weight is 308 g/mol. The van der Waals surface area contributed by atoms with Gasteiger partial charge in [0, 0.05) is 11.7 Å². The lowest BCUT2D eigenvalue weighted by Gasteiger charge is -2.13. The number of nitrogen functional groups attached to an aromatic ring is 1. The van der Waals surface area contributed by atoms with Gasteiger partial charge in [0.2, 0.25) is 5.91 Å². The number of carbonyl (C=O) groups excluding carboxylic acids is 1. The summed E-state index contributed by atoms with van der Waals surface area (Å²) in [6.07, 6.45) is 1.72. The largest absolute Gasteiger partial charge is 0.399 e. The molecule has 21 heavy (non-hydrogen) atoms. The van der Waals surface area contributed by atoms with Crippen molar-refractivity contribution in [3.05, 3.63) is 18.2 Å². The molecule has 114 valence electrons. The molecule has 0 saturated heterocycles. The summed E-state index contributed by atoms with van der Waals surface area (Å²) in [4.78, 5) is 19.0. The first-order valence-corrected chi connectivity index (χ1v) is 8.28. The standard InChI is InChI=1S/C14H20N4O2S/c1-3-10(4-2)16-13(19)8-21(20)14-17-11-6-5-9(15)7-12(11)18-14/h5-7,10H,3-4,8,15H2,1-2H3,(H,16,19)(H,17,18). The molecule has 1 unspecified atom stereocenters. The van der Waals surface area contributed by atoms with Crippen molar-refractivity contribution >= 4 is 33.4 Å². The summed E-state index contributed by atoms with van der Waals surface area (Å²) in [7, 11) is -1.49. The molecule has 4 N–H and O–H groups in total. The summed E-state index contributed by atoms with van der Waals surface area (Å²) < 4.78 is 12.2. The molecule has 1 heterocycles. The molecular weight excluding hydrogens is 288 g/mol. The molecular formula is C14H20N4O2S. The van der Waals surface area contributed by atoms with Crippen LogP contribution < -0.4 is 11.1 Å². The molecule has 0 saturated carbocycles. The van der Waals surface area contributed by atoms with Gasteiger partial charge in [0.1, 0.15) is 5.75 Å². The van der Waals surface area contributed by atoms with E-state index in [1.54, 1.807) is 18.2 Å². The number of benzene rings is 1. The number of nitrogens with two attached hydrogens (primary N) is 1. The lowest BCUT2D eigenvalue weighted by Crippen LogP contribution is -2.36. The SMILES string of the molecule is CCC(CC)NC(=O)CS(=O)c1nc2ccc(N)cc2[nH]1. The molecule has 6 nitrogen and oxygen atoms in total. The van der Waals surface area contributed by atoms with Gasteiger partial charge in [-0.25, -0.2) is 4.98 Å². The molecule has 1 aromatic heterocycles. The number of hydrogen-bond donors (Lipinski definition) is 3. The van der Waals surface area contributed by atoms with Crippen LogP contribution in [0.2, 0.25) is 0 Å². The fourth-order valence-electron chi connectivity index (χ4n) is 2.06. The average Bonchev–Trinajstić information content (AvgIpc) is 2.87. The predicted octanol–water partition coefficient (Wildman–Crippen LogP) is 1.56. The zero-order valence-corrected chi connectivity index (χ0v) is 13.0. The van der Waals surface area contributed by atoms with Crippen molar-refractivity contribution in [3.8, 4) is 0 Å². The number of amides is 1. The summed E-state index contributed by atoms with van der Waals surface area (Å²) in [5.74, 6) is -0.312. The third-order valence-corrected chi connectivity index (χ3v) is 4.46. The highest BCUT2D eigenvalue weighted by atomic mass is 32.2. The lowest BCUT2D eigenvalue weighted by molar-refractivity contribution is -0.119. The Hall–Kier alpha value is -1.89. The molecule has 0 aliphatic rings. The number of aromatic amines is 1. The van der Waals surface area contributed by atoms with Crippen molar-refractivity contribution in [1.82, 2.24) is 15.3 Å². The number of nitrogens with one attached hydrogen (secondary N) is 2. The van der Waals surface area contributed by atoms with Crippen LogP contribution in [0.1, 0.15) is 26.7 Å². The maximum absolute atomic E-state index is 12.2. The maximum Gasteiger partial charge on any atom is 0.233 e. The third kappa shape index (κ3) is 3.81. The van der Waals surface area contributed by atoms with Crippen molar-refractivity contribution in [2.24, 2.45) is 0 Å². The number of nitrogens with zero attached hydrogens (tertiary/aromatic N) is 1. The molecule has 0 radical (unpaired) electrons. The molecule has 7 heteroatoms. The van der Waals surface area contributed by atoms with Crippen LogP contribution in [-0.4, -0.2) is 31.9 Å². The third-order valence-electron chi connectivity index (χ3n) is 3.31. The Kier molecular flexibility index (Phi) is 4.95. The fraction of sp³-hybridized carbons (Fsp3) is 0.429. The van der Waals surface area contributed by atoms with Crippen LogP contribution in [0.3, 0.4) is 0 Å². The number of H-pyrrole nitrogens is 1. The Bertz CT molecular complexity index is 664. The molecule has 2 aromatic rings. The van der Waals surface area contributed by atoms with Crippen LogP contribution in [-0.2, 0) is 15.6 Å². The zero-order chi connectivity index (χ0) is 15.4. The van der Waals surface area contributed by atoms with Crippen LogP contribution in [0.15, 0.2) is 23.4 Å². The van der Waals surface area contributed by atoms with E-state index < -0.39 is 10.8 Å². The van der Waals surface area contributed by atoms with Crippen molar-refractivity contribution in [3.63, 3.8) is 0 Å². The molecule has 0 fully saturated rings. The van der Waals surface area contributed by atoms with Gasteiger partial charge in [-0.3, -0.25) is 9.00 Å². The van der Waals surface area contributed by atoms with E-state index in [1.165, 1.54) is 0 Å². The highest BCUT2D eigenvalue weighted by molar-refractivity contribution is 7.85. The highest BCUT2D eigenvalue weighted by Gasteiger charge is 2.16. The van der Waals surface area contributed by atoms with Crippen LogP contribution >= 0.6 is 0 Å². The van der Waals surface area contributed by atoms with Crippen molar-refractivity contribution < 1.29 is 9.00 Å². The van der Waals surface area contributed by atoms with Gasteiger partial charge in [-0.05, 0) is 31.0 Å². The van der Waals surface area contributed by atoms with Gasteiger partial charge in [-0.15, -0.1) is 0 Å². The van der Waals surface area contributed by atoms with Crippen LogP contribution in [0.5, 0.6) is 0 Å². The van der Waals surface area contributed by atoms with E-state index >= 15 is 0 Å². The zero-order valence-electron chi connectivity index (χ0n) is 12.2. The molecule has 2 rings (SSSR count). The Morgan fingerprint density at radius 3 is 2.81 bits per heavy atom. The van der Waals surface area contributed by atoms with E-state index in [2.05, 4.69) is 15.3 Å². The van der Waals surface area contributed by atoms with Gasteiger partial charge in [0.25, 0.3) is 0 Å². The molecule has 0 bridgehead atoms. The second-order valence-corrected chi connectivity index (χ2v) is 6.26. The number of hydrogen-bond acceptors (Lipinski definition) is 4. The summed E-state index contributed by atoms with van der Waals surface area (Å²) in [5, 5.41) is 3.17. The number of imidazole rings is 1. The van der Waals surface area contributed by atoms with Gasteiger partial charge < -0.3 is 16.0 Å². The number of carbonyl (C=O) groups is 1. The van der Waals surface area contributed by atoms with Crippen LogP contribution in [0, 0.1) is 0 Å². The Labute approximate surface area is 126 Å². The number of rotatable bonds is 6. The summed E-state index contributed by atoms with van der Waals surface area (Å²) in [5.41, 5.74) is 7.70. The first-order chi connectivity index (χ1) is 10.0. The number of fused-ring (bicyclic) bond motifs is 1. The first-order valence-electron chi connectivity index (χ1n) is 6.96. The Morgan fingerprint density at radius 1 is 1.43 bits per heavy atom. The lowest BCUT2D eigenvalue weighted by atomic mass is 10.2. The van der Waals surface area contributed by atoms with E-state index in [1.807, 2.05) is 13.8 Å². The van der Waals surface area contributed by atoms with Gasteiger partial charge in [0.15, 0.2) is 5.16 Å². The first kappa shape index (κ1) is 15.5. The van der Waals surface area contributed by atoms with Crippen LogP contribution in [0.25, 0.3) is 11.0 Å². The fourth-order valence-corrected chi connectivity index (χ4v) is 2.94. The minimum atomic E-state index is -1.49. The van der Waals surface area contributed by atoms with Crippen molar-refractivity contribution in [2.75, 3.05) is 11.5 Å².